The number of fused-ring (bicyclic) bond motifs is 1. The van der Waals surface area contributed by atoms with Gasteiger partial charge >= 0.3 is 0 Å². The zero-order valence-electron chi connectivity index (χ0n) is 16.2. The Hall–Kier alpha value is -3.06. The van der Waals surface area contributed by atoms with E-state index in [9.17, 15) is 4.79 Å². The Labute approximate surface area is 164 Å². The third-order valence-corrected chi connectivity index (χ3v) is 5.24. The van der Waals surface area contributed by atoms with Crippen molar-refractivity contribution in [2.75, 3.05) is 45.2 Å². The molecule has 1 aromatic heterocycles. The number of piperazine rings is 1. The lowest BCUT2D eigenvalue weighted by molar-refractivity contribution is 0.0951. The molecular weight excluding hydrogens is 354 g/mol. The maximum atomic E-state index is 12.6. The van der Waals surface area contributed by atoms with Crippen molar-refractivity contribution < 1.29 is 9.53 Å². The molecule has 3 aromatic rings. The Morgan fingerprint density at radius 3 is 2.75 bits per heavy atom. The highest BCUT2D eigenvalue weighted by molar-refractivity contribution is 6.00. The van der Waals surface area contributed by atoms with Crippen LogP contribution in [-0.2, 0) is 6.54 Å². The summed E-state index contributed by atoms with van der Waals surface area (Å²) in [6, 6.07) is 13.4. The summed E-state index contributed by atoms with van der Waals surface area (Å²) in [6.07, 6.45) is 0. The lowest BCUT2D eigenvalue weighted by Gasteiger charge is -2.32. The first kappa shape index (κ1) is 18.3. The average Bonchev–Trinajstić information content (AvgIpc) is 3.16. The monoisotopic (exact) mass is 379 g/mol. The van der Waals surface area contributed by atoms with Crippen molar-refractivity contribution in [3.05, 3.63) is 53.6 Å². The molecule has 1 aliphatic heterocycles. The molecule has 7 nitrogen and oxygen atoms in total. The molecule has 2 N–H and O–H groups in total. The van der Waals surface area contributed by atoms with Crippen LogP contribution in [0.4, 0.5) is 5.82 Å². The fourth-order valence-electron chi connectivity index (χ4n) is 3.53. The number of likely N-dealkylation sites (N-methyl/N-ethyl adjacent to an activating group) is 1. The molecule has 2 aromatic carbocycles. The van der Waals surface area contributed by atoms with E-state index in [1.807, 2.05) is 42.5 Å². The van der Waals surface area contributed by atoms with Gasteiger partial charge in [0.15, 0.2) is 5.82 Å². The molecule has 0 aliphatic carbocycles. The molecule has 28 heavy (non-hydrogen) atoms. The van der Waals surface area contributed by atoms with Crippen LogP contribution in [0, 0.1) is 0 Å². The number of nitrogens with one attached hydrogen (secondary N) is 2. The van der Waals surface area contributed by atoms with E-state index in [0.29, 0.717) is 12.1 Å². The molecule has 2 heterocycles. The van der Waals surface area contributed by atoms with Gasteiger partial charge in [-0.1, -0.05) is 18.2 Å². The van der Waals surface area contributed by atoms with Gasteiger partial charge in [0, 0.05) is 49.2 Å². The van der Waals surface area contributed by atoms with E-state index < -0.39 is 0 Å². The number of aromatic amines is 1. The molecule has 1 amide bonds. The van der Waals surface area contributed by atoms with Crippen LogP contribution < -0.4 is 15.0 Å². The summed E-state index contributed by atoms with van der Waals surface area (Å²) >= 11 is 0. The number of aromatic nitrogens is 2. The SMILES string of the molecule is COc1ccccc1CNC(=O)c1ccc2c(N3CCN(C)CC3)n[nH]c2c1. The lowest BCUT2D eigenvalue weighted by Crippen LogP contribution is -2.44. The number of methoxy groups -OCH3 is 1. The molecule has 4 rings (SSSR count). The van der Waals surface area contributed by atoms with Crippen molar-refractivity contribution >= 4 is 22.6 Å². The van der Waals surface area contributed by atoms with Crippen molar-refractivity contribution in [3.8, 4) is 5.75 Å². The van der Waals surface area contributed by atoms with Crippen LogP contribution in [0.1, 0.15) is 15.9 Å². The number of carbonyl (C=O) groups excluding carboxylic acids is 1. The van der Waals surface area contributed by atoms with Crippen molar-refractivity contribution in [1.29, 1.82) is 0 Å². The molecule has 1 aliphatic rings. The molecule has 0 bridgehead atoms. The number of H-pyrrole nitrogens is 1. The molecule has 0 spiro atoms. The third kappa shape index (κ3) is 3.66. The summed E-state index contributed by atoms with van der Waals surface area (Å²) < 4.78 is 5.34. The highest BCUT2D eigenvalue weighted by Crippen LogP contribution is 2.26. The van der Waals surface area contributed by atoms with Gasteiger partial charge in [-0.2, -0.15) is 5.10 Å². The maximum absolute atomic E-state index is 12.6. The van der Waals surface area contributed by atoms with E-state index in [0.717, 1.165) is 54.2 Å². The molecule has 1 saturated heterocycles. The zero-order chi connectivity index (χ0) is 19.5. The second kappa shape index (κ2) is 7.90. The van der Waals surface area contributed by atoms with E-state index >= 15 is 0 Å². The number of para-hydroxylation sites is 1. The van der Waals surface area contributed by atoms with Crippen LogP contribution in [0.5, 0.6) is 5.75 Å². The van der Waals surface area contributed by atoms with Crippen LogP contribution in [0.15, 0.2) is 42.5 Å². The summed E-state index contributed by atoms with van der Waals surface area (Å²) in [5.41, 5.74) is 2.42. The Bertz CT molecular complexity index is 976. The minimum atomic E-state index is -0.122. The summed E-state index contributed by atoms with van der Waals surface area (Å²) in [5, 5.41) is 11.6. The first-order chi connectivity index (χ1) is 13.7. The van der Waals surface area contributed by atoms with E-state index in [4.69, 9.17) is 4.74 Å². The Morgan fingerprint density at radius 2 is 1.96 bits per heavy atom. The van der Waals surface area contributed by atoms with E-state index in [2.05, 4.69) is 32.4 Å². The summed E-state index contributed by atoms with van der Waals surface area (Å²) in [7, 11) is 3.76. The van der Waals surface area contributed by atoms with Gasteiger partial charge in [-0.15, -0.1) is 0 Å². The first-order valence-corrected chi connectivity index (χ1v) is 9.47. The number of nitrogens with zero attached hydrogens (tertiary/aromatic N) is 3. The summed E-state index contributed by atoms with van der Waals surface area (Å²) in [6.45, 7) is 4.38. The van der Waals surface area contributed by atoms with Gasteiger partial charge in [-0.05, 0) is 31.3 Å². The molecule has 0 atom stereocenters. The fraction of sp³-hybridized carbons (Fsp3) is 0.333. The summed E-state index contributed by atoms with van der Waals surface area (Å²) in [4.78, 5) is 17.2. The summed E-state index contributed by atoms with van der Waals surface area (Å²) in [5.74, 6) is 1.61. The first-order valence-electron chi connectivity index (χ1n) is 9.47. The predicted molar refractivity (Wildman–Crippen MR) is 110 cm³/mol. The van der Waals surface area contributed by atoms with Crippen molar-refractivity contribution in [2.45, 2.75) is 6.54 Å². The van der Waals surface area contributed by atoms with Crippen LogP contribution in [-0.4, -0.2) is 61.3 Å². The second-order valence-corrected chi connectivity index (χ2v) is 7.09. The van der Waals surface area contributed by atoms with Gasteiger partial charge in [0.05, 0.1) is 12.6 Å². The van der Waals surface area contributed by atoms with Crippen LogP contribution in [0.3, 0.4) is 0 Å². The van der Waals surface area contributed by atoms with Crippen LogP contribution in [0.2, 0.25) is 0 Å². The van der Waals surface area contributed by atoms with Gasteiger partial charge in [-0.25, -0.2) is 0 Å². The number of hydrogen-bond donors (Lipinski definition) is 2. The van der Waals surface area contributed by atoms with Crippen molar-refractivity contribution in [1.82, 2.24) is 20.4 Å². The average molecular weight is 379 g/mol. The zero-order valence-corrected chi connectivity index (χ0v) is 16.2. The minimum Gasteiger partial charge on any atom is -0.496 e. The number of carbonyl (C=O) groups is 1. The van der Waals surface area contributed by atoms with Gasteiger partial charge in [0.25, 0.3) is 5.91 Å². The Balaban J connectivity index is 1.48. The third-order valence-electron chi connectivity index (χ3n) is 5.24. The Kier molecular flexibility index (Phi) is 5.16. The lowest BCUT2D eigenvalue weighted by atomic mass is 10.1. The van der Waals surface area contributed by atoms with Crippen LogP contribution >= 0.6 is 0 Å². The van der Waals surface area contributed by atoms with Gasteiger partial charge in [0.1, 0.15) is 5.75 Å². The molecule has 1 fully saturated rings. The molecular formula is C21H25N5O2. The van der Waals surface area contributed by atoms with Gasteiger partial charge in [-0.3, -0.25) is 9.89 Å². The van der Waals surface area contributed by atoms with Gasteiger partial charge < -0.3 is 19.9 Å². The quantitative estimate of drug-likeness (QED) is 0.711. The molecule has 0 unspecified atom stereocenters. The molecule has 0 radical (unpaired) electrons. The molecule has 0 saturated carbocycles. The number of hydrogen-bond acceptors (Lipinski definition) is 5. The van der Waals surface area contributed by atoms with Crippen molar-refractivity contribution in [3.63, 3.8) is 0 Å². The highest BCUT2D eigenvalue weighted by Gasteiger charge is 2.19. The smallest absolute Gasteiger partial charge is 0.251 e. The number of benzene rings is 2. The van der Waals surface area contributed by atoms with E-state index in [1.165, 1.54) is 0 Å². The minimum absolute atomic E-state index is 0.122. The van der Waals surface area contributed by atoms with Crippen LogP contribution in [0.25, 0.3) is 10.9 Å². The number of amides is 1. The number of anilines is 1. The predicted octanol–water partition coefficient (Wildman–Crippen LogP) is 2.25. The van der Waals surface area contributed by atoms with E-state index in [-0.39, 0.29) is 5.91 Å². The largest absolute Gasteiger partial charge is 0.496 e. The van der Waals surface area contributed by atoms with E-state index in [1.54, 1.807) is 7.11 Å². The fourth-order valence-corrected chi connectivity index (χ4v) is 3.53. The highest BCUT2D eigenvalue weighted by atomic mass is 16.5. The van der Waals surface area contributed by atoms with Crippen molar-refractivity contribution in [2.24, 2.45) is 0 Å². The van der Waals surface area contributed by atoms with Gasteiger partial charge in [0.2, 0.25) is 0 Å². The normalized spacial score (nSPS) is 15.0. The topological polar surface area (TPSA) is 73.5 Å². The maximum Gasteiger partial charge on any atom is 0.251 e. The molecule has 146 valence electrons. The Morgan fingerprint density at radius 1 is 1.18 bits per heavy atom. The number of ether oxygens (including phenoxy) is 1. The number of rotatable bonds is 5. The molecule has 7 heteroatoms. The standard InChI is InChI=1S/C21H25N5O2/c1-25-9-11-26(12-10-25)20-17-8-7-15(13-18(17)23-24-20)21(27)22-14-16-5-3-4-6-19(16)28-2/h3-8,13H,9-12,14H2,1-2H3,(H,22,27)(H,23,24). The second-order valence-electron chi connectivity index (χ2n) is 7.09.